The van der Waals surface area contributed by atoms with Gasteiger partial charge in [-0.25, -0.2) is 0 Å². The fraction of sp³-hybridized carbons (Fsp3) is 0. The molecule has 0 saturated heterocycles. The van der Waals surface area contributed by atoms with Crippen LogP contribution in [0, 0.1) is 0 Å². The van der Waals surface area contributed by atoms with Gasteiger partial charge in [-0.1, -0.05) is 237 Å². The molecule has 4 heteroatoms. The van der Waals surface area contributed by atoms with Gasteiger partial charge in [0.25, 0.3) is 0 Å². The standard InChI is InChI=1S/C84H52N2O2/c1-3-17-53(18-4-1)55-31-39-62(40-32-55)85(75-51-79-83(70-29-15-13-27-68(70)75)81-66-25-11-9-21-57(66)37-47-77(81)87-79)63-43-35-59(36-44-63)65-45-46-74(73-50-61-24-8-7-23-60(61)49-72(65)73)86(64-41-33-56(34-42-64)54-19-5-2-6-20-54)76-52-80-84(71-30-16-14-28-69(71)76)82-67-26-12-10-22-58(67)38-48-78(82)88-80/h1-52H. The van der Waals surface area contributed by atoms with Crippen LogP contribution in [0.1, 0.15) is 0 Å². The van der Waals surface area contributed by atoms with E-state index in [-0.39, 0.29) is 0 Å². The first-order valence-electron chi connectivity index (χ1n) is 30.1. The van der Waals surface area contributed by atoms with E-state index in [1.54, 1.807) is 0 Å². The Morgan fingerprint density at radius 1 is 0.193 bits per heavy atom. The third-order valence-electron chi connectivity index (χ3n) is 18.2. The Kier molecular flexibility index (Phi) is 11.3. The molecule has 16 aromatic carbocycles. The summed E-state index contributed by atoms with van der Waals surface area (Å²) in [6, 6.07) is 115. The maximum Gasteiger partial charge on any atom is 0.138 e. The number of nitrogens with zero attached hydrogens (tertiary/aromatic N) is 2. The predicted octanol–water partition coefficient (Wildman–Crippen LogP) is 24.3. The molecule has 0 spiro atoms. The minimum absolute atomic E-state index is 0.845. The van der Waals surface area contributed by atoms with Crippen molar-refractivity contribution in [3.05, 3.63) is 315 Å². The van der Waals surface area contributed by atoms with Crippen LogP contribution in [0.25, 0.3) is 142 Å². The van der Waals surface area contributed by atoms with E-state index in [0.29, 0.717) is 0 Å². The van der Waals surface area contributed by atoms with Crippen molar-refractivity contribution in [1.29, 1.82) is 0 Å². The molecule has 4 nitrogen and oxygen atoms in total. The number of benzene rings is 16. The van der Waals surface area contributed by atoms with E-state index in [0.717, 1.165) is 133 Å². The molecule has 0 N–H and O–H groups in total. The molecular weight excluding hydrogens is 1070 g/mol. The molecule has 0 aliphatic rings. The summed E-state index contributed by atoms with van der Waals surface area (Å²) in [6.45, 7) is 0. The van der Waals surface area contributed by atoms with Crippen molar-refractivity contribution >= 4 is 143 Å². The summed E-state index contributed by atoms with van der Waals surface area (Å²) in [5.41, 5.74) is 16.6. The number of anilines is 6. The summed E-state index contributed by atoms with van der Waals surface area (Å²) in [5.74, 6) is 0. The molecule has 2 aromatic heterocycles. The van der Waals surface area contributed by atoms with Crippen LogP contribution in [0.2, 0.25) is 0 Å². The average molecular weight is 1120 g/mol. The molecule has 410 valence electrons. The van der Waals surface area contributed by atoms with Gasteiger partial charge in [0.1, 0.15) is 22.3 Å². The molecule has 0 unspecified atom stereocenters. The van der Waals surface area contributed by atoms with Crippen LogP contribution in [0.3, 0.4) is 0 Å². The highest BCUT2D eigenvalue weighted by Crippen LogP contribution is 2.51. The summed E-state index contributed by atoms with van der Waals surface area (Å²) in [7, 11) is 0. The fourth-order valence-electron chi connectivity index (χ4n) is 14.1. The zero-order valence-electron chi connectivity index (χ0n) is 47.7. The summed E-state index contributed by atoms with van der Waals surface area (Å²) < 4.78 is 13.9. The van der Waals surface area contributed by atoms with Crippen LogP contribution in [0.5, 0.6) is 0 Å². The molecule has 0 radical (unpaired) electrons. The summed E-state index contributed by atoms with van der Waals surface area (Å²) >= 11 is 0. The molecule has 18 aromatic rings. The molecule has 0 aliphatic carbocycles. The Balaban J connectivity index is 0.832. The second kappa shape index (κ2) is 20.0. The van der Waals surface area contributed by atoms with Gasteiger partial charge in [0.2, 0.25) is 0 Å². The van der Waals surface area contributed by atoms with Gasteiger partial charge in [-0.2, -0.15) is 0 Å². The lowest BCUT2D eigenvalue weighted by Crippen LogP contribution is -2.11. The van der Waals surface area contributed by atoms with Gasteiger partial charge in [-0.15, -0.1) is 0 Å². The first-order chi connectivity index (χ1) is 43.6. The van der Waals surface area contributed by atoms with Crippen LogP contribution in [0.15, 0.2) is 324 Å². The Morgan fingerprint density at radius 3 is 1.05 bits per heavy atom. The lowest BCUT2D eigenvalue weighted by Gasteiger charge is -2.29. The van der Waals surface area contributed by atoms with E-state index >= 15 is 0 Å². The number of rotatable bonds is 9. The average Bonchev–Trinajstić information content (AvgIpc) is 1.63. The maximum atomic E-state index is 6.97. The molecule has 88 heavy (non-hydrogen) atoms. The second-order valence-electron chi connectivity index (χ2n) is 23.1. The van der Waals surface area contributed by atoms with Crippen molar-refractivity contribution in [2.45, 2.75) is 0 Å². The van der Waals surface area contributed by atoms with Crippen LogP contribution < -0.4 is 9.80 Å². The summed E-state index contributed by atoms with van der Waals surface area (Å²) in [6.07, 6.45) is 0. The van der Waals surface area contributed by atoms with Crippen molar-refractivity contribution in [2.24, 2.45) is 0 Å². The number of hydrogen-bond donors (Lipinski definition) is 0. The lowest BCUT2D eigenvalue weighted by atomic mass is 9.93. The Bertz CT molecular complexity index is 5790. The molecular formula is C84H52N2O2. The van der Waals surface area contributed by atoms with Crippen molar-refractivity contribution in [1.82, 2.24) is 0 Å². The normalized spacial score (nSPS) is 11.9. The molecule has 0 aliphatic heterocycles. The van der Waals surface area contributed by atoms with Gasteiger partial charge >= 0.3 is 0 Å². The van der Waals surface area contributed by atoms with Crippen LogP contribution in [-0.4, -0.2) is 0 Å². The van der Waals surface area contributed by atoms with Crippen LogP contribution in [0.4, 0.5) is 34.1 Å². The second-order valence-corrected chi connectivity index (χ2v) is 23.1. The first-order valence-corrected chi connectivity index (χ1v) is 30.1. The molecule has 0 atom stereocenters. The van der Waals surface area contributed by atoms with E-state index in [1.807, 2.05) is 0 Å². The fourth-order valence-corrected chi connectivity index (χ4v) is 14.1. The van der Waals surface area contributed by atoms with Crippen molar-refractivity contribution in [3.63, 3.8) is 0 Å². The smallest absolute Gasteiger partial charge is 0.138 e. The molecule has 0 saturated carbocycles. The van der Waals surface area contributed by atoms with Crippen LogP contribution >= 0.6 is 0 Å². The van der Waals surface area contributed by atoms with Gasteiger partial charge in [-0.3, -0.25) is 0 Å². The highest BCUT2D eigenvalue weighted by molar-refractivity contribution is 6.30. The Labute approximate surface area is 507 Å². The van der Waals surface area contributed by atoms with E-state index in [2.05, 4.69) is 325 Å². The summed E-state index contributed by atoms with van der Waals surface area (Å²) in [4.78, 5) is 4.85. The van der Waals surface area contributed by atoms with Gasteiger partial charge in [0.05, 0.1) is 17.1 Å². The summed E-state index contributed by atoms with van der Waals surface area (Å²) in [5, 5.41) is 18.5. The predicted molar refractivity (Wildman–Crippen MR) is 372 cm³/mol. The number of hydrogen-bond acceptors (Lipinski definition) is 4. The first kappa shape index (κ1) is 49.7. The third kappa shape index (κ3) is 7.93. The lowest BCUT2D eigenvalue weighted by molar-refractivity contribution is 0.669. The van der Waals surface area contributed by atoms with Crippen molar-refractivity contribution in [2.75, 3.05) is 9.80 Å². The van der Waals surface area contributed by atoms with Gasteiger partial charge in [0.15, 0.2) is 0 Å². The highest BCUT2D eigenvalue weighted by atomic mass is 16.3. The Hall–Kier alpha value is -11.7. The van der Waals surface area contributed by atoms with E-state index < -0.39 is 0 Å². The molecule has 2 heterocycles. The van der Waals surface area contributed by atoms with Gasteiger partial charge in [-0.05, 0) is 149 Å². The van der Waals surface area contributed by atoms with E-state index in [1.165, 1.54) is 43.4 Å². The minimum Gasteiger partial charge on any atom is -0.456 e. The number of fused-ring (bicyclic) bond motifs is 16. The van der Waals surface area contributed by atoms with E-state index in [9.17, 15) is 0 Å². The maximum absolute atomic E-state index is 6.97. The van der Waals surface area contributed by atoms with Gasteiger partial charge < -0.3 is 18.6 Å². The van der Waals surface area contributed by atoms with Crippen molar-refractivity contribution < 1.29 is 8.83 Å². The highest BCUT2D eigenvalue weighted by Gasteiger charge is 2.26. The minimum atomic E-state index is 0.845. The monoisotopic (exact) mass is 1120 g/mol. The zero-order valence-corrected chi connectivity index (χ0v) is 47.7. The third-order valence-corrected chi connectivity index (χ3v) is 18.2. The topological polar surface area (TPSA) is 32.8 Å². The molecule has 0 amide bonds. The SMILES string of the molecule is c1ccc(-c2ccc(N(c3ccc(-c4ccc(N(c5ccc(-c6ccccc6)cc5)c5cc6oc7ccc8ccccc8c7c6c6ccccc56)c5cc6ccccc6cc45)cc3)c3cc4oc5ccc6ccccc6c5c4c4ccccc34)cc2)cc1. The molecule has 0 bridgehead atoms. The van der Waals surface area contributed by atoms with Crippen molar-refractivity contribution in [3.8, 4) is 33.4 Å². The number of furan rings is 2. The Morgan fingerprint density at radius 2 is 0.557 bits per heavy atom. The van der Waals surface area contributed by atoms with E-state index in [4.69, 9.17) is 8.83 Å². The van der Waals surface area contributed by atoms with Gasteiger partial charge in [0, 0.05) is 66.9 Å². The van der Waals surface area contributed by atoms with Crippen LogP contribution in [-0.2, 0) is 0 Å². The largest absolute Gasteiger partial charge is 0.456 e. The molecule has 18 rings (SSSR count). The molecule has 0 fully saturated rings. The zero-order chi connectivity index (χ0) is 57.8. The quantitative estimate of drug-likeness (QED) is 0.135.